The standard InChI is InChI=1S/C16H22ClNO2/c1-3-18-13-9-16(15-6-4-10(2)19-15)20-14-7-5-11(17)8-12(13)14/h5,7-8,10,13,15-16,18H,3-4,6,9H2,1-2H3. The monoisotopic (exact) mass is 295 g/mol. The van der Waals surface area contributed by atoms with E-state index in [0.717, 1.165) is 36.6 Å². The van der Waals surface area contributed by atoms with E-state index in [1.165, 1.54) is 5.56 Å². The van der Waals surface area contributed by atoms with Crippen molar-refractivity contribution in [3.8, 4) is 5.75 Å². The van der Waals surface area contributed by atoms with Crippen LogP contribution in [0.1, 0.15) is 44.7 Å². The Kier molecular flexibility index (Phi) is 4.20. The van der Waals surface area contributed by atoms with Gasteiger partial charge in [0.2, 0.25) is 0 Å². The van der Waals surface area contributed by atoms with Crippen LogP contribution in [0.2, 0.25) is 5.02 Å². The lowest BCUT2D eigenvalue weighted by atomic mass is 9.93. The third-order valence-corrected chi connectivity index (χ3v) is 4.46. The van der Waals surface area contributed by atoms with Crippen molar-refractivity contribution < 1.29 is 9.47 Å². The molecule has 2 heterocycles. The number of ether oxygens (including phenoxy) is 2. The average Bonchev–Trinajstić information content (AvgIpc) is 2.86. The van der Waals surface area contributed by atoms with Gasteiger partial charge >= 0.3 is 0 Å². The van der Waals surface area contributed by atoms with Crippen molar-refractivity contribution in [2.75, 3.05) is 6.54 Å². The third-order valence-electron chi connectivity index (χ3n) is 4.22. The fourth-order valence-corrected chi connectivity index (χ4v) is 3.42. The van der Waals surface area contributed by atoms with Gasteiger partial charge in [-0.1, -0.05) is 18.5 Å². The Morgan fingerprint density at radius 1 is 1.30 bits per heavy atom. The van der Waals surface area contributed by atoms with E-state index in [1.807, 2.05) is 18.2 Å². The van der Waals surface area contributed by atoms with E-state index in [-0.39, 0.29) is 12.2 Å². The van der Waals surface area contributed by atoms with Crippen molar-refractivity contribution >= 4 is 11.6 Å². The van der Waals surface area contributed by atoms with Crippen LogP contribution in [0.4, 0.5) is 0 Å². The van der Waals surface area contributed by atoms with E-state index in [4.69, 9.17) is 21.1 Å². The number of benzene rings is 1. The average molecular weight is 296 g/mol. The van der Waals surface area contributed by atoms with Crippen LogP contribution < -0.4 is 10.1 Å². The van der Waals surface area contributed by atoms with E-state index in [9.17, 15) is 0 Å². The maximum atomic E-state index is 6.17. The van der Waals surface area contributed by atoms with Crippen LogP contribution in [0.15, 0.2) is 18.2 Å². The number of nitrogens with one attached hydrogen (secondary N) is 1. The molecule has 0 spiro atoms. The first-order chi connectivity index (χ1) is 9.67. The molecule has 2 aliphatic heterocycles. The van der Waals surface area contributed by atoms with Crippen molar-refractivity contribution in [1.29, 1.82) is 0 Å². The number of rotatable bonds is 3. The second kappa shape index (κ2) is 5.92. The highest BCUT2D eigenvalue weighted by atomic mass is 35.5. The smallest absolute Gasteiger partial charge is 0.127 e. The van der Waals surface area contributed by atoms with Crippen LogP contribution in [0.25, 0.3) is 0 Å². The van der Waals surface area contributed by atoms with Gasteiger partial charge < -0.3 is 14.8 Å². The first-order valence-electron chi connectivity index (χ1n) is 7.52. The Hall–Kier alpha value is -0.770. The number of hydrogen-bond donors (Lipinski definition) is 1. The van der Waals surface area contributed by atoms with E-state index in [0.29, 0.717) is 12.1 Å². The molecule has 4 unspecified atom stereocenters. The van der Waals surface area contributed by atoms with Gasteiger partial charge in [0.1, 0.15) is 11.9 Å². The summed E-state index contributed by atoms with van der Waals surface area (Å²) in [5, 5.41) is 4.30. The molecule has 20 heavy (non-hydrogen) atoms. The van der Waals surface area contributed by atoms with Gasteiger partial charge in [-0.25, -0.2) is 0 Å². The molecule has 0 aliphatic carbocycles. The van der Waals surface area contributed by atoms with Crippen molar-refractivity contribution in [3.05, 3.63) is 28.8 Å². The molecule has 0 aromatic heterocycles. The van der Waals surface area contributed by atoms with Crippen LogP contribution in [0, 0.1) is 0 Å². The van der Waals surface area contributed by atoms with E-state index >= 15 is 0 Å². The molecule has 1 aromatic carbocycles. The van der Waals surface area contributed by atoms with E-state index < -0.39 is 0 Å². The fraction of sp³-hybridized carbons (Fsp3) is 0.625. The zero-order chi connectivity index (χ0) is 14.1. The summed E-state index contributed by atoms with van der Waals surface area (Å²) in [5.41, 5.74) is 1.17. The van der Waals surface area contributed by atoms with Crippen molar-refractivity contribution in [2.45, 2.75) is 57.5 Å². The lowest BCUT2D eigenvalue weighted by Crippen LogP contribution is -2.40. The Labute approximate surface area is 125 Å². The van der Waals surface area contributed by atoms with Crippen molar-refractivity contribution in [3.63, 3.8) is 0 Å². The molecule has 110 valence electrons. The predicted octanol–water partition coefficient (Wildman–Crippen LogP) is 3.71. The summed E-state index contributed by atoms with van der Waals surface area (Å²) in [6.45, 7) is 5.20. The molecule has 3 nitrogen and oxygen atoms in total. The Bertz CT molecular complexity index is 480. The minimum atomic E-state index is 0.137. The first-order valence-corrected chi connectivity index (χ1v) is 7.90. The van der Waals surface area contributed by atoms with Crippen LogP contribution in [-0.4, -0.2) is 24.9 Å². The summed E-state index contributed by atoms with van der Waals surface area (Å²) in [6.07, 6.45) is 3.87. The second-order valence-electron chi connectivity index (χ2n) is 5.75. The summed E-state index contributed by atoms with van der Waals surface area (Å²) < 4.78 is 12.2. The first kappa shape index (κ1) is 14.2. The minimum absolute atomic E-state index is 0.137. The Morgan fingerprint density at radius 2 is 2.15 bits per heavy atom. The van der Waals surface area contributed by atoms with Gasteiger partial charge in [-0.15, -0.1) is 0 Å². The van der Waals surface area contributed by atoms with Gasteiger partial charge in [0.25, 0.3) is 0 Å². The topological polar surface area (TPSA) is 30.5 Å². The Balaban J connectivity index is 1.83. The van der Waals surface area contributed by atoms with Gasteiger partial charge in [-0.2, -0.15) is 0 Å². The number of halogens is 1. The van der Waals surface area contributed by atoms with Crippen LogP contribution in [-0.2, 0) is 4.74 Å². The van der Waals surface area contributed by atoms with Crippen LogP contribution >= 0.6 is 11.6 Å². The maximum Gasteiger partial charge on any atom is 0.127 e. The molecule has 2 aliphatic rings. The third kappa shape index (κ3) is 2.80. The highest BCUT2D eigenvalue weighted by Crippen LogP contribution is 2.39. The molecular weight excluding hydrogens is 274 g/mol. The van der Waals surface area contributed by atoms with Crippen LogP contribution in [0.3, 0.4) is 0 Å². The maximum absolute atomic E-state index is 6.17. The molecule has 1 N–H and O–H groups in total. The van der Waals surface area contributed by atoms with Gasteiger partial charge in [0, 0.05) is 23.0 Å². The van der Waals surface area contributed by atoms with Crippen molar-refractivity contribution in [1.82, 2.24) is 5.32 Å². The summed E-state index contributed by atoms with van der Waals surface area (Å²) in [6, 6.07) is 6.18. The van der Waals surface area contributed by atoms with Crippen LogP contribution in [0.5, 0.6) is 5.75 Å². The molecule has 0 bridgehead atoms. The van der Waals surface area contributed by atoms with Gasteiger partial charge in [0.05, 0.1) is 12.2 Å². The molecule has 4 atom stereocenters. The molecule has 3 rings (SSSR count). The van der Waals surface area contributed by atoms with Crippen molar-refractivity contribution in [2.24, 2.45) is 0 Å². The summed E-state index contributed by atoms with van der Waals surface area (Å²) in [7, 11) is 0. The fourth-order valence-electron chi connectivity index (χ4n) is 3.24. The summed E-state index contributed by atoms with van der Waals surface area (Å²) in [4.78, 5) is 0. The SMILES string of the molecule is CCNC1CC(C2CCC(C)O2)Oc2ccc(Cl)cc21. The molecule has 1 aromatic rings. The number of fused-ring (bicyclic) bond motifs is 1. The highest BCUT2D eigenvalue weighted by Gasteiger charge is 2.37. The second-order valence-corrected chi connectivity index (χ2v) is 6.18. The quantitative estimate of drug-likeness (QED) is 0.922. The normalized spacial score (nSPS) is 32.8. The molecule has 0 saturated carbocycles. The van der Waals surface area contributed by atoms with Gasteiger partial charge in [-0.3, -0.25) is 0 Å². The lowest BCUT2D eigenvalue weighted by molar-refractivity contribution is -0.0299. The molecule has 1 fully saturated rings. The van der Waals surface area contributed by atoms with Gasteiger partial charge in [-0.05, 0) is 44.5 Å². The largest absolute Gasteiger partial charge is 0.487 e. The van der Waals surface area contributed by atoms with Gasteiger partial charge in [0.15, 0.2) is 0 Å². The predicted molar refractivity (Wildman–Crippen MR) is 80.5 cm³/mol. The Morgan fingerprint density at radius 3 is 2.85 bits per heavy atom. The zero-order valence-corrected chi connectivity index (χ0v) is 12.8. The molecule has 0 radical (unpaired) electrons. The lowest BCUT2D eigenvalue weighted by Gasteiger charge is -2.35. The van der Waals surface area contributed by atoms with E-state index in [2.05, 4.69) is 19.2 Å². The molecule has 4 heteroatoms. The van der Waals surface area contributed by atoms with E-state index in [1.54, 1.807) is 0 Å². The molecule has 1 saturated heterocycles. The zero-order valence-electron chi connectivity index (χ0n) is 12.1. The number of hydrogen-bond acceptors (Lipinski definition) is 3. The molecule has 0 amide bonds. The minimum Gasteiger partial charge on any atom is -0.487 e. The summed E-state index contributed by atoms with van der Waals surface area (Å²) >= 11 is 6.12. The summed E-state index contributed by atoms with van der Waals surface area (Å²) in [5.74, 6) is 0.944. The highest BCUT2D eigenvalue weighted by molar-refractivity contribution is 6.30. The molecular formula is C16H22ClNO2.